The molecule has 0 spiro atoms. The minimum atomic E-state index is -4.75. The Morgan fingerprint density at radius 2 is 1.68 bits per heavy atom. The molecule has 0 saturated heterocycles. The molecule has 2 aromatic rings. The van der Waals surface area contributed by atoms with Crippen LogP contribution in [0.4, 0.5) is 24.7 Å². The van der Waals surface area contributed by atoms with Crippen molar-refractivity contribution in [1.29, 1.82) is 0 Å². The lowest BCUT2D eigenvalue weighted by Crippen LogP contribution is -2.16. The largest absolute Gasteiger partial charge is 0.573 e. The number of halogens is 3. The number of rotatable bonds is 4. The molecule has 1 heterocycles. The summed E-state index contributed by atoms with van der Waals surface area (Å²) in [6.07, 6.45) is -3.74. The zero-order valence-corrected chi connectivity index (χ0v) is 11.9. The predicted octanol–water partition coefficient (Wildman–Crippen LogP) is 2.52. The van der Waals surface area contributed by atoms with Crippen LogP contribution in [0.5, 0.6) is 5.75 Å². The van der Waals surface area contributed by atoms with E-state index >= 15 is 0 Å². The molecule has 2 rings (SSSR count). The van der Waals surface area contributed by atoms with Crippen molar-refractivity contribution in [2.45, 2.75) is 11.4 Å². The van der Waals surface area contributed by atoms with E-state index in [2.05, 4.69) is 20.3 Å². The maximum atomic E-state index is 12.0. The van der Waals surface area contributed by atoms with Gasteiger partial charge in [-0.25, -0.2) is 8.42 Å². The number of hydrogen-bond donors (Lipinski definition) is 1. The van der Waals surface area contributed by atoms with Crippen molar-refractivity contribution in [2.75, 3.05) is 11.6 Å². The number of aromatic nitrogens is 2. The lowest BCUT2D eigenvalue weighted by molar-refractivity contribution is -0.274. The summed E-state index contributed by atoms with van der Waals surface area (Å²) in [5.74, 6) is -0.103. The minimum absolute atomic E-state index is 0.174. The van der Waals surface area contributed by atoms with E-state index in [1.54, 1.807) is 0 Å². The molecular formula is C12H10F3N3O3S. The SMILES string of the molecule is CS(=O)(=O)c1ccc(Nc2ccc(OC(F)(F)F)cc2)nn1. The van der Waals surface area contributed by atoms with Gasteiger partial charge in [0.05, 0.1) is 0 Å². The normalized spacial score (nSPS) is 12.0. The third-order valence-electron chi connectivity index (χ3n) is 2.38. The van der Waals surface area contributed by atoms with E-state index in [0.29, 0.717) is 5.69 Å². The molecule has 0 fully saturated rings. The quantitative estimate of drug-likeness (QED) is 0.926. The Bertz CT molecular complexity index is 744. The molecular weight excluding hydrogens is 323 g/mol. The van der Waals surface area contributed by atoms with Crippen LogP contribution >= 0.6 is 0 Å². The van der Waals surface area contributed by atoms with Crippen LogP contribution in [-0.2, 0) is 9.84 Å². The van der Waals surface area contributed by atoms with Crippen molar-refractivity contribution in [3.05, 3.63) is 36.4 Å². The average molecular weight is 333 g/mol. The third kappa shape index (κ3) is 4.58. The van der Waals surface area contributed by atoms with Gasteiger partial charge in [0, 0.05) is 11.9 Å². The first kappa shape index (κ1) is 16.0. The molecule has 1 N–H and O–H groups in total. The molecule has 1 aromatic heterocycles. The van der Waals surface area contributed by atoms with Crippen LogP contribution in [-0.4, -0.2) is 31.2 Å². The van der Waals surface area contributed by atoms with Crippen molar-refractivity contribution < 1.29 is 26.3 Å². The fourth-order valence-corrected chi connectivity index (χ4v) is 1.98. The Kier molecular flexibility index (Phi) is 4.22. The van der Waals surface area contributed by atoms with Crippen LogP contribution in [0, 0.1) is 0 Å². The van der Waals surface area contributed by atoms with Crippen LogP contribution in [0.2, 0.25) is 0 Å². The number of benzene rings is 1. The number of anilines is 2. The van der Waals surface area contributed by atoms with E-state index in [9.17, 15) is 21.6 Å². The minimum Gasteiger partial charge on any atom is -0.406 e. The summed E-state index contributed by atoms with van der Waals surface area (Å²) >= 11 is 0. The number of hydrogen-bond acceptors (Lipinski definition) is 6. The summed E-state index contributed by atoms with van der Waals surface area (Å²) in [7, 11) is -3.44. The molecule has 0 amide bonds. The van der Waals surface area contributed by atoms with Gasteiger partial charge in [-0.3, -0.25) is 0 Å². The second kappa shape index (κ2) is 5.79. The maximum absolute atomic E-state index is 12.0. The Morgan fingerprint density at radius 3 is 2.14 bits per heavy atom. The molecule has 0 atom stereocenters. The van der Waals surface area contributed by atoms with Crippen molar-refractivity contribution in [3.8, 4) is 5.75 Å². The van der Waals surface area contributed by atoms with E-state index in [-0.39, 0.29) is 16.6 Å². The van der Waals surface area contributed by atoms with Crippen LogP contribution in [0.3, 0.4) is 0 Å². The van der Waals surface area contributed by atoms with E-state index in [1.807, 2.05) is 0 Å². The van der Waals surface area contributed by atoms with Gasteiger partial charge >= 0.3 is 6.36 Å². The lowest BCUT2D eigenvalue weighted by atomic mass is 10.3. The van der Waals surface area contributed by atoms with E-state index in [0.717, 1.165) is 18.4 Å². The number of ether oxygens (including phenoxy) is 1. The summed E-state index contributed by atoms with van der Waals surface area (Å²) in [6.45, 7) is 0. The summed E-state index contributed by atoms with van der Waals surface area (Å²) in [5, 5.41) is 9.80. The molecule has 0 aliphatic carbocycles. The third-order valence-corrected chi connectivity index (χ3v) is 3.36. The second-order valence-electron chi connectivity index (χ2n) is 4.23. The van der Waals surface area contributed by atoms with Crippen LogP contribution < -0.4 is 10.1 Å². The van der Waals surface area contributed by atoms with Crippen molar-refractivity contribution in [1.82, 2.24) is 10.2 Å². The highest BCUT2D eigenvalue weighted by Crippen LogP contribution is 2.24. The number of alkyl halides is 3. The van der Waals surface area contributed by atoms with Gasteiger partial charge in [-0.2, -0.15) is 0 Å². The zero-order chi connectivity index (χ0) is 16.4. The monoisotopic (exact) mass is 333 g/mol. The van der Waals surface area contributed by atoms with E-state index in [4.69, 9.17) is 0 Å². The van der Waals surface area contributed by atoms with E-state index in [1.165, 1.54) is 24.3 Å². The molecule has 0 saturated carbocycles. The number of sulfone groups is 1. The molecule has 0 radical (unpaired) electrons. The van der Waals surface area contributed by atoms with Crippen molar-refractivity contribution in [3.63, 3.8) is 0 Å². The van der Waals surface area contributed by atoms with Gasteiger partial charge in [0.2, 0.25) is 0 Å². The molecule has 0 unspecified atom stereocenters. The molecule has 1 aromatic carbocycles. The Hall–Kier alpha value is -2.36. The summed E-state index contributed by atoms with van der Waals surface area (Å²) in [6, 6.07) is 7.64. The van der Waals surface area contributed by atoms with Gasteiger partial charge in [0.15, 0.2) is 20.7 Å². The van der Waals surface area contributed by atoms with Gasteiger partial charge in [-0.05, 0) is 36.4 Å². The first-order chi connectivity index (χ1) is 10.1. The molecule has 6 nitrogen and oxygen atoms in total. The van der Waals surface area contributed by atoms with Crippen molar-refractivity contribution >= 4 is 21.3 Å². The van der Waals surface area contributed by atoms with E-state index < -0.39 is 16.2 Å². The number of nitrogens with zero attached hydrogens (tertiary/aromatic N) is 2. The molecule has 22 heavy (non-hydrogen) atoms. The first-order valence-corrected chi connectivity index (χ1v) is 7.69. The smallest absolute Gasteiger partial charge is 0.406 e. The fourth-order valence-electron chi connectivity index (χ4n) is 1.47. The average Bonchev–Trinajstić information content (AvgIpc) is 2.39. The van der Waals surface area contributed by atoms with Gasteiger partial charge < -0.3 is 10.1 Å². The molecule has 0 bridgehead atoms. The Labute approximate surface area is 123 Å². The summed E-state index contributed by atoms with van der Waals surface area (Å²) in [4.78, 5) is 0. The fraction of sp³-hybridized carbons (Fsp3) is 0.167. The lowest BCUT2D eigenvalue weighted by Gasteiger charge is -2.10. The van der Waals surface area contributed by atoms with Crippen molar-refractivity contribution in [2.24, 2.45) is 0 Å². The molecule has 10 heteroatoms. The Morgan fingerprint density at radius 1 is 1.05 bits per heavy atom. The van der Waals surface area contributed by atoms with Crippen LogP contribution in [0.15, 0.2) is 41.4 Å². The molecule has 0 aliphatic rings. The summed E-state index contributed by atoms with van der Waals surface area (Å²) < 4.78 is 62.2. The number of nitrogens with one attached hydrogen (secondary N) is 1. The second-order valence-corrected chi connectivity index (χ2v) is 6.19. The highest BCUT2D eigenvalue weighted by atomic mass is 32.2. The maximum Gasteiger partial charge on any atom is 0.573 e. The standard InChI is InChI=1S/C12H10F3N3O3S/c1-22(19,20)11-7-6-10(17-18-11)16-8-2-4-9(5-3-8)21-12(13,14)15/h2-7H,1H3,(H,16,17). The zero-order valence-electron chi connectivity index (χ0n) is 11.1. The summed E-state index contributed by atoms with van der Waals surface area (Å²) in [5.41, 5.74) is 0.441. The van der Waals surface area contributed by atoms with Gasteiger partial charge in [-0.1, -0.05) is 0 Å². The Balaban J connectivity index is 2.08. The highest BCUT2D eigenvalue weighted by Gasteiger charge is 2.30. The first-order valence-electron chi connectivity index (χ1n) is 5.80. The predicted molar refractivity (Wildman–Crippen MR) is 71.5 cm³/mol. The van der Waals surface area contributed by atoms with Crippen LogP contribution in [0.1, 0.15) is 0 Å². The van der Waals surface area contributed by atoms with Crippen LogP contribution in [0.25, 0.3) is 0 Å². The van der Waals surface area contributed by atoms with Gasteiger partial charge in [0.25, 0.3) is 0 Å². The molecule has 118 valence electrons. The highest BCUT2D eigenvalue weighted by molar-refractivity contribution is 7.90. The molecule has 0 aliphatic heterocycles. The van der Waals surface area contributed by atoms with Gasteiger partial charge in [0.1, 0.15) is 5.75 Å². The topological polar surface area (TPSA) is 81.2 Å². The van der Waals surface area contributed by atoms with Gasteiger partial charge in [-0.15, -0.1) is 23.4 Å².